The minimum absolute atomic E-state index is 0.115. The minimum Gasteiger partial charge on any atom is -0.409 e. The first-order valence-corrected chi connectivity index (χ1v) is 6.76. The van der Waals surface area contributed by atoms with Gasteiger partial charge in [0.15, 0.2) is 0 Å². The second-order valence-corrected chi connectivity index (χ2v) is 5.39. The van der Waals surface area contributed by atoms with E-state index in [9.17, 15) is 4.79 Å². The first kappa shape index (κ1) is 14.8. The summed E-state index contributed by atoms with van der Waals surface area (Å²) in [5.74, 6) is 0.948. The number of nitrogens with zero attached hydrogens (tertiary/aromatic N) is 2. The van der Waals surface area contributed by atoms with Crippen LogP contribution in [-0.2, 0) is 4.79 Å². The van der Waals surface area contributed by atoms with Crippen LogP contribution in [0, 0.1) is 11.8 Å². The Morgan fingerprint density at radius 1 is 1.50 bits per heavy atom. The molecule has 0 aromatic carbocycles. The molecule has 0 bridgehead atoms. The number of carbonyl (C=O) groups is 1. The van der Waals surface area contributed by atoms with E-state index >= 15 is 0 Å². The first-order valence-electron chi connectivity index (χ1n) is 6.76. The molecule has 1 aliphatic carbocycles. The Morgan fingerprint density at radius 3 is 2.67 bits per heavy atom. The fourth-order valence-electron chi connectivity index (χ4n) is 2.52. The highest BCUT2D eigenvalue weighted by Crippen LogP contribution is 2.28. The zero-order valence-corrected chi connectivity index (χ0v) is 11.4. The molecule has 0 aliphatic heterocycles. The molecule has 0 aromatic rings. The summed E-state index contributed by atoms with van der Waals surface area (Å²) >= 11 is 0. The molecule has 1 aliphatic rings. The zero-order chi connectivity index (χ0) is 13.5. The van der Waals surface area contributed by atoms with Crippen LogP contribution >= 0.6 is 0 Å². The van der Waals surface area contributed by atoms with Crippen LogP contribution < -0.4 is 5.73 Å². The second-order valence-electron chi connectivity index (χ2n) is 5.39. The highest BCUT2D eigenvalue weighted by Gasteiger charge is 2.19. The van der Waals surface area contributed by atoms with Crippen LogP contribution in [0.3, 0.4) is 0 Å². The van der Waals surface area contributed by atoms with Crippen LogP contribution in [0.25, 0.3) is 0 Å². The molecular weight excluding hydrogens is 230 g/mol. The van der Waals surface area contributed by atoms with Gasteiger partial charge in [-0.15, -0.1) is 0 Å². The third-order valence-corrected chi connectivity index (χ3v) is 3.84. The molecule has 0 radical (unpaired) electrons. The van der Waals surface area contributed by atoms with Crippen molar-refractivity contribution in [2.24, 2.45) is 22.7 Å². The van der Waals surface area contributed by atoms with Crippen LogP contribution in [0.5, 0.6) is 0 Å². The van der Waals surface area contributed by atoms with Gasteiger partial charge in [0.1, 0.15) is 5.84 Å². The summed E-state index contributed by atoms with van der Waals surface area (Å²) < 4.78 is 0. The maximum Gasteiger partial charge on any atom is 0.222 e. The van der Waals surface area contributed by atoms with E-state index in [-0.39, 0.29) is 17.7 Å². The Balaban J connectivity index is 2.27. The molecule has 5 nitrogen and oxygen atoms in total. The quantitative estimate of drug-likeness (QED) is 0.329. The molecule has 1 rings (SSSR count). The lowest BCUT2D eigenvalue weighted by molar-refractivity contribution is -0.130. The third kappa shape index (κ3) is 4.55. The Bertz CT molecular complexity index is 299. The Hall–Kier alpha value is -1.26. The van der Waals surface area contributed by atoms with Gasteiger partial charge in [-0.05, 0) is 12.3 Å². The molecule has 0 aromatic heterocycles. The predicted octanol–water partition coefficient (Wildman–Crippen LogP) is 1.80. The normalized spacial score (nSPS) is 18.9. The summed E-state index contributed by atoms with van der Waals surface area (Å²) in [7, 11) is 1.78. The van der Waals surface area contributed by atoms with Crippen molar-refractivity contribution in [2.45, 2.75) is 45.4 Å². The van der Waals surface area contributed by atoms with E-state index in [2.05, 4.69) is 5.16 Å². The van der Waals surface area contributed by atoms with Gasteiger partial charge < -0.3 is 15.8 Å². The number of hydrogen-bond donors (Lipinski definition) is 2. The number of carbonyl (C=O) groups excluding carboxylic acids is 1. The van der Waals surface area contributed by atoms with Crippen molar-refractivity contribution in [1.82, 2.24) is 4.90 Å². The Kier molecular flexibility index (Phi) is 5.95. The van der Waals surface area contributed by atoms with Gasteiger partial charge in [0.25, 0.3) is 0 Å². The second kappa shape index (κ2) is 7.24. The summed E-state index contributed by atoms with van der Waals surface area (Å²) in [6.07, 6.45) is 6.80. The van der Waals surface area contributed by atoms with Crippen molar-refractivity contribution in [2.75, 3.05) is 13.6 Å². The van der Waals surface area contributed by atoms with Gasteiger partial charge in [-0.3, -0.25) is 4.79 Å². The SMILES string of the molecule is CC(CN(C)C(=O)CCC1CCCC1)C(N)=NO. The summed E-state index contributed by atoms with van der Waals surface area (Å²) in [6.45, 7) is 2.34. The molecular formula is C13H25N3O2. The van der Waals surface area contributed by atoms with E-state index in [4.69, 9.17) is 10.9 Å². The maximum absolute atomic E-state index is 11.9. The van der Waals surface area contributed by atoms with Crippen LogP contribution in [-0.4, -0.2) is 35.4 Å². The highest BCUT2D eigenvalue weighted by molar-refractivity contribution is 5.83. The van der Waals surface area contributed by atoms with Gasteiger partial charge in [0.05, 0.1) is 0 Å². The monoisotopic (exact) mass is 255 g/mol. The number of rotatable bonds is 6. The molecule has 0 heterocycles. The molecule has 104 valence electrons. The van der Waals surface area contributed by atoms with E-state index in [0.29, 0.717) is 13.0 Å². The summed E-state index contributed by atoms with van der Waals surface area (Å²) in [5, 5.41) is 11.5. The van der Waals surface area contributed by atoms with Gasteiger partial charge in [-0.1, -0.05) is 37.8 Å². The molecule has 1 unspecified atom stereocenters. The minimum atomic E-state index is -0.115. The van der Waals surface area contributed by atoms with Gasteiger partial charge >= 0.3 is 0 Å². The summed E-state index contributed by atoms with van der Waals surface area (Å²) in [6, 6.07) is 0. The molecule has 1 saturated carbocycles. The average Bonchev–Trinajstić information content (AvgIpc) is 2.87. The lowest BCUT2D eigenvalue weighted by Crippen LogP contribution is -2.36. The highest BCUT2D eigenvalue weighted by atomic mass is 16.4. The third-order valence-electron chi connectivity index (χ3n) is 3.84. The van der Waals surface area contributed by atoms with E-state index in [1.165, 1.54) is 25.7 Å². The van der Waals surface area contributed by atoms with Crippen LogP contribution in [0.15, 0.2) is 5.16 Å². The van der Waals surface area contributed by atoms with E-state index in [1.54, 1.807) is 11.9 Å². The maximum atomic E-state index is 11.9. The fourth-order valence-corrected chi connectivity index (χ4v) is 2.52. The van der Waals surface area contributed by atoms with Crippen molar-refractivity contribution < 1.29 is 10.0 Å². The molecule has 3 N–H and O–H groups in total. The summed E-state index contributed by atoms with van der Waals surface area (Å²) in [5.41, 5.74) is 5.50. The lowest BCUT2D eigenvalue weighted by Gasteiger charge is -2.21. The van der Waals surface area contributed by atoms with Crippen molar-refractivity contribution in [3.63, 3.8) is 0 Å². The molecule has 5 heteroatoms. The predicted molar refractivity (Wildman–Crippen MR) is 71.4 cm³/mol. The molecule has 1 amide bonds. The smallest absolute Gasteiger partial charge is 0.222 e. The topological polar surface area (TPSA) is 78.9 Å². The van der Waals surface area contributed by atoms with E-state index in [1.807, 2.05) is 6.92 Å². The Labute approximate surface area is 109 Å². The molecule has 0 saturated heterocycles. The number of amides is 1. The number of hydrogen-bond acceptors (Lipinski definition) is 3. The molecule has 1 atom stereocenters. The first-order chi connectivity index (χ1) is 8.54. The number of oxime groups is 1. The molecule has 18 heavy (non-hydrogen) atoms. The van der Waals surface area contributed by atoms with Crippen LogP contribution in [0.2, 0.25) is 0 Å². The van der Waals surface area contributed by atoms with E-state index in [0.717, 1.165) is 12.3 Å². The van der Waals surface area contributed by atoms with Crippen molar-refractivity contribution >= 4 is 11.7 Å². The number of nitrogens with two attached hydrogens (primary N) is 1. The number of amidine groups is 1. The lowest BCUT2D eigenvalue weighted by atomic mass is 10.0. The van der Waals surface area contributed by atoms with Crippen LogP contribution in [0.1, 0.15) is 45.4 Å². The van der Waals surface area contributed by atoms with Gasteiger partial charge in [-0.25, -0.2) is 0 Å². The standard InChI is InChI=1S/C13H25N3O2/c1-10(13(14)15-18)9-16(2)12(17)8-7-11-5-3-4-6-11/h10-11,18H,3-9H2,1-2H3,(H2,14,15). The van der Waals surface area contributed by atoms with Gasteiger partial charge in [-0.2, -0.15) is 0 Å². The van der Waals surface area contributed by atoms with Gasteiger partial charge in [0, 0.05) is 25.9 Å². The summed E-state index contributed by atoms with van der Waals surface area (Å²) in [4.78, 5) is 13.6. The van der Waals surface area contributed by atoms with Gasteiger partial charge in [0.2, 0.25) is 5.91 Å². The van der Waals surface area contributed by atoms with E-state index < -0.39 is 0 Å². The van der Waals surface area contributed by atoms with Crippen LogP contribution in [0.4, 0.5) is 0 Å². The average molecular weight is 255 g/mol. The van der Waals surface area contributed by atoms with Crippen molar-refractivity contribution in [3.05, 3.63) is 0 Å². The molecule has 0 spiro atoms. The van der Waals surface area contributed by atoms with Crippen molar-refractivity contribution in [1.29, 1.82) is 0 Å². The molecule has 1 fully saturated rings. The largest absolute Gasteiger partial charge is 0.409 e. The fraction of sp³-hybridized carbons (Fsp3) is 0.846. The van der Waals surface area contributed by atoms with Crippen molar-refractivity contribution in [3.8, 4) is 0 Å². The zero-order valence-electron chi connectivity index (χ0n) is 11.4. The Morgan fingerprint density at radius 2 is 2.11 bits per heavy atom.